The fraction of sp³-hybridized carbons (Fsp3) is 1.00. The zero-order chi connectivity index (χ0) is 10.7. The van der Waals surface area contributed by atoms with Crippen LogP contribution >= 0.6 is 0 Å². The highest BCUT2D eigenvalue weighted by atomic mass is 16.3. The Morgan fingerprint density at radius 3 is 2.33 bits per heavy atom. The maximum Gasteiger partial charge on any atom is 0.0570 e. The van der Waals surface area contributed by atoms with Gasteiger partial charge in [-0.15, -0.1) is 0 Å². The van der Waals surface area contributed by atoms with Crippen molar-refractivity contribution in [3.05, 3.63) is 0 Å². The van der Waals surface area contributed by atoms with Crippen molar-refractivity contribution in [3.63, 3.8) is 0 Å². The fourth-order valence-corrected chi connectivity index (χ4v) is 3.33. The molecular weight excluding hydrogens is 186 g/mol. The van der Waals surface area contributed by atoms with Crippen molar-refractivity contribution < 1.29 is 5.11 Å². The number of hydrogen-bond acceptors (Lipinski definition) is 2. The molecule has 2 heterocycles. The summed E-state index contributed by atoms with van der Waals surface area (Å²) in [4.78, 5) is 2.68. The molecule has 88 valence electrons. The van der Waals surface area contributed by atoms with Crippen LogP contribution in [0.1, 0.15) is 58.3 Å². The number of aliphatic hydroxyl groups excluding tert-OH is 1. The number of fused-ring (bicyclic) bond motifs is 2. The van der Waals surface area contributed by atoms with Crippen molar-refractivity contribution in [1.82, 2.24) is 4.90 Å². The molecule has 0 aromatic rings. The molecule has 0 spiro atoms. The first-order valence-corrected chi connectivity index (χ1v) is 6.75. The SMILES string of the molecule is CCCCCCN1C2CCC1CC(O)C2. The summed E-state index contributed by atoms with van der Waals surface area (Å²) in [6.07, 6.45) is 10.2. The smallest absolute Gasteiger partial charge is 0.0570 e. The van der Waals surface area contributed by atoms with Gasteiger partial charge in [-0.25, -0.2) is 0 Å². The Kier molecular flexibility index (Phi) is 4.04. The first-order chi connectivity index (χ1) is 7.31. The molecule has 0 aliphatic carbocycles. The third-order valence-corrected chi connectivity index (χ3v) is 4.13. The average Bonchev–Trinajstić information content (AvgIpc) is 2.46. The van der Waals surface area contributed by atoms with E-state index >= 15 is 0 Å². The molecule has 2 aliphatic heterocycles. The van der Waals surface area contributed by atoms with E-state index in [1.54, 1.807) is 0 Å². The van der Waals surface area contributed by atoms with Crippen LogP contribution in [0.3, 0.4) is 0 Å². The van der Waals surface area contributed by atoms with Gasteiger partial charge >= 0.3 is 0 Å². The van der Waals surface area contributed by atoms with E-state index in [4.69, 9.17) is 0 Å². The van der Waals surface area contributed by atoms with Crippen LogP contribution in [-0.4, -0.2) is 34.7 Å². The van der Waals surface area contributed by atoms with Crippen molar-refractivity contribution in [2.24, 2.45) is 0 Å². The van der Waals surface area contributed by atoms with Gasteiger partial charge in [0.15, 0.2) is 0 Å². The molecule has 2 aliphatic rings. The molecule has 0 radical (unpaired) electrons. The summed E-state index contributed by atoms with van der Waals surface area (Å²) < 4.78 is 0. The number of aliphatic hydroxyl groups is 1. The third-order valence-electron chi connectivity index (χ3n) is 4.13. The summed E-state index contributed by atoms with van der Waals surface area (Å²) in [5.74, 6) is 0. The Morgan fingerprint density at radius 2 is 1.73 bits per heavy atom. The van der Waals surface area contributed by atoms with Crippen LogP contribution in [0.15, 0.2) is 0 Å². The molecule has 0 amide bonds. The quantitative estimate of drug-likeness (QED) is 0.706. The summed E-state index contributed by atoms with van der Waals surface area (Å²) in [6.45, 7) is 3.54. The van der Waals surface area contributed by atoms with E-state index in [-0.39, 0.29) is 6.10 Å². The van der Waals surface area contributed by atoms with Gasteiger partial charge in [0.1, 0.15) is 0 Å². The van der Waals surface area contributed by atoms with Gasteiger partial charge in [-0.2, -0.15) is 0 Å². The Bertz CT molecular complexity index is 181. The normalized spacial score (nSPS) is 36.0. The second kappa shape index (κ2) is 5.31. The topological polar surface area (TPSA) is 23.5 Å². The Balaban J connectivity index is 1.74. The number of unbranched alkanes of at least 4 members (excludes halogenated alkanes) is 3. The lowest BCUT2D eigenvalue weighted by molar-refractivity contribution is 0.0346. The number of piperidine rings is 1. The molecule has 2 fully saturated rings. The summed E-state index contributed by atoms with van der Waals surface area (Å²) in [5, 5.41) is 9.69. The lowest BCUT2D eigenvalue weighted by Crippen LogP contribution is -2.44. The molecule has 2 atom stereocenters. The fourth-order valence-electron chi connectivity index (χ4n) is 3.33. The average molecular weight is 211 g/mol. The Hall–Kier alpha value is -0.0800. The molecule has 15 heavy (non-hydrogen) atoms. The standard InChI is InChI=1S/C13H25NO/c1-2-3-4-5-8-14-11-6-7-12(14)10-13(15)9-11/h11-13,15H,2-10H2,1H3. The molecule has 2 heteroatoms. The van der Waals surface area contributed by atoms with E-state index < -0.39 is 0 Å². The molecule has 2 nitrogen and oxygen atoms in total. The van der Waals surface area contributed by atoms with Crippen LogP contribution in [0.5, 0.6) is 0 Å². The van der Waals surface area contributed by atoms with Crippen LogP contribution in [0.4, 0.5) is 0 Å². The zero-order valence-corrected chi connectivity index (χ0v) is 9.99. The van der Waals surface area contributed by atoms with Crippen molar-refractivity contribution in [2.45, 2.75) is 76.5 Å². The van der Waals surface area contributed by atoms with Gasteiger partial charge in [-0.1, -0.05) is 26.2 Å². The second-order valence-corrected chi connectivity index (χ2v) is 5.31. The predicted octanol–water partition coefficient (Wildman–Crippen LogP) is 2.55. The van der Waals surface area contributed by atoms with E-state index in [0.29, 0.717) is 12.1 Å². The van der Waals surface area contributed by atoms with E-state index in [1.807, 2.05) is 0 Å². The van der Waals surface area contributed by atoms with Gasteiger partial charge in [0, 0.05) is 12.1 Å². The number of hydrogen-bond donors (Lipinski definition) is 1. The van der Waals surface area contributed by atoms with Crippen LogP contribution in [0, 0.1) is 0 Å². The lowest BCUT2D eigenvalue weighted by atomic mass is 9.99. The van der Waals surface area contributed by atoms with Crippen molar-refractivity contribution in [2.75, 3.05) is 6.54 Å². The van der Waals surface area contributed by atoms with Gasteiger partial charge in [0.25, 0.3) is 0 Å². The van der Waals surface area contributed by atoms with Gasteiger partial charge in [0.05, 0.1) is 6.10 Å². The Morgan fingerprint density at radius 1 is 1.07 bits per heavy atom. The van der Waals surface area contributed by atoms with E-state index in [0.717, 1.165) is 12.8 Å². The highest BCUT2D eigenvalue weighted by Gasteiger charge is 2.39. The molecule has 0 aromatic carbocycles. The molecule has 0 aromatic heterocycles. The van der Waals surface area contributed by atoms with Gasteiger partial charge in [-0.05, 0) is 38.6 Å². The zero-order valence-electron chi connectivity index (χ0n) is 9.99. The minimum absolute atomic E-state index is 0.00519. The summed E-state index contributed by atoms with van der Waals surface area (Å²) >= 11 is 0. The van der Waals surface area contributed by atoms with Gasteiger partial charge < -0.3 is 5.11 Å². The van der Waals surface area contributed by atoms with E-state index in [2.05, 4.69) is 11.8 Å². The molecule has 2 bridgehead atoms. The number of rotatable bonds is 5. The van der Waals surface area contributed by atoms with Crippen molar-refractivity contribution >= 4 is 0 Å². The highest BCUT2D eigenvalue weighted by Crippen LogP contribution is 2.35. The molecule has 2 rings (SSSR count). The summed E-state index contributed by atoms with van der Waals surface area (Å²) in [5.41, 5.74) is 0. The number of nitrogens with zero attached hydrogens (tertiary/aromatic N) is 1. The minimum atomic E-state index is -0.00519. The maximum atomic E-state index is 9.69. The molecule has 2 saturated heterocycles. The first kappa shape index (κ1) is 11.4. The highest BCUT2D eigenvalue weighted by molar-refractivity contribution is 4.94. The summed E-state index contributed by atoms with van der Waals surface area (Å²) in [7, 11) is 0. The minimum Gasteiger partial charge on any atom is -0.393 e. The second-order valence-electron chi connectivity index (χ2n) is 5.31. The first-order valence-electron chi connectivity index (χ1n) is 6.75. The van der Waals surface area contributed by atoms with Gasteiger partial charge in [-0.3, -0.25) is 4.90 Å². The monoisotopic (exact) mass is 211 g/mol. The summed E-state index contributed by atoms with van der Waals surface area (Å²) in [6, 6.07) is 1.42. The molecular formula is C13H25NO. The van der Waals surface area contributed by atoms with E-state index in [9.17, 15) is 5.11 Å². The maximum absolute atomic E-state index is 9.69. The third kappa shape index (κ3) is 2.73. The molecule has 1 N–H and O–H groups in total. The largest absolute Gasteiger partial charge is 0.393 e. The van der Waals surface area contributed by atoms with Crippen LogP contribution < -0.4 is 0 Å². The van der Waals surface area contributed by atoms with Crippen LogP contribution in [0.2, 0.25) is 0 Å². The van der Waals surface area contributed by atoms with Gasteiger partial charge in [0.2, 0.25) is 0 Å². The van der Waals surface area contributed by atoms with Crippen LogP contribution in [-0.2, 0) is 0 Å². The molecule has 0 saturated carbocycles. The molecule has 2 unspecified atom stereocenters. The van der Waals surface area contributed by atoms with Crippen molar-refractivity contribution in [3.8, 4) is 0 Å². The van der Waals surface area contributed by atoms with Crippen LogP contribution in [0.25, 0.3) is 0 Å². The van der Waals surface area contributed by atoms with E-state index in [1.165, 1.54) is 45.1 Å². The lowest BCUT2D eigenvalue weighted by Gasteiger charge is -2.37. The predicted molar refractivity (Wildman–Crippen MR) is 62.9 cm³/mol. The Labute approximate surface area is 93.7 Å². The van der Waals surface area contributed by atoms with Crippen molar-refractivity contribution in [1.29, 1.82) is 0 Å².